The van der Waals surface area contributed by atoms with E-state index in [4.69, 9.17) is 0 Å². The molecule has 2 rings (SSSR count). The molecule has 0 aliphatic heterocycles. The molecule has 100 valence electrons. The molecule has 0 bridgehead atoms. The topological polar surface area (TPSA) is 32.3 Å². The number of anilines is 1. The first-order valence-electron chi connectivity index (χ1n) is 6.25. The summed E-state index contributed by atoms with van der Waals surface area (Å²) in [4.78, 5) is 15.3. The van der Waals surface area contributed by atoms with Gasteiger partial charge in [0.25, 0.3) is 0 Å². The number of carbonyl (C=O) groups is 1. The van der Waals surface area contributed by atoms with E-state index in [1.54, 1.807) is 11.3 Å². The fourth-order valence-corrected chi connectivity index (χ4v) is 2.68. The van der Waals surface area contributed by atoms with Crippen LogP contribution in [0.25, 0.3) is 0 Å². The standard InChI is InChI=1S/C15H18N2OS/c1-12(14-9-6-10-19-14)17(2)11-15(18)16-13-7-4-3-5-8-13/h3-10,12H,11H2,1-2H3,(H,16,18). The number of rotatable bonds is 5. The van der Waals surface area contributed by atoms with Gasteiger partial charge >= 0.3 is 0 Å². The normalized spacial score (nSPS) is 12.4. The molecule has 0 spiro atoms. The van der Waals surface area contributed by atoms with Crippen molar-refractivity contribution in [3.05, 3.63) is 52.7 Å². The highest BCUT2D eigenvalue weighted by Gasteiger charge is 2.15. The lowest BCUT2D eigenvalue weighted by atomic mass is 10.2. The van der Waals surface area contributed by atoms with Crippen LogP contribution >= 0.6 is 11.3 Å². The molecule has 1 unspecified atom stereocenters. The number of likely N-dealkylation sites (N-methyl/N-ethyl adjacent to an activating group) is 1. The average Bonchev–Trinajstić information content (AvgIpc) is 2.92. The minimum atomic E-state index is 0.0112. The van der Waals surface area contributed by atoms with Crippen molar-refractivity contribution in [1.29, 1.82) is 0 Å². The number of hydrogen-bond acceptors (Lipinski definition) is 3. The van der Waals surface area contributed by atoms with E-state index in [0.717, 1.165) is 5.69 Å². The van der Waals surface area contributed by atoms with Crippen molar-refractivity contribution in [2.75, 3.05) is 18.9 Å². The first-order chi connectivity index (χ1) is 9.16. The molecule has 0 aliphatic rings. The van der Waals surface area contributed by atoms with Gasteiger partial charge in [-0.15, -0.1) is 11.3 Å². The summed E-state index contributed by atoms with van der Waals surface area (Å²) in [7, 11) is 1.97. The predicted octanol–water partition coefficient (Wildman–Crippen LogP) is 3.38. The predicted molar refractivity (Wildman–Crippen MR) is 80.4 cm³/mol. The zero-order valence-electron chi connectivity index (χ0n) is 11.2. The third-order valence-electron chi connectivity index (χ3n) is 3.07. The van der Waals surface area contributed by atoms with Crippen molar-refractivity contribution in [3.8, 4) is 0 Å². The maximum absolute atomic E-state index is 11.9. The van der Waals surface area contributed by atoms with Crippen LogP contribution in [0.3, 0.4) is 0 Å². The van der Waals surface area contributed by atoms with Gasteiger partial charge in [-0.1, -0.05) is 24.3 Å². The molecule has 0 radical (unpaired) electrons. The lowest BCUT2D eigenvalue weighted by Crippen LogP contribution is -2.31. The lowest BCUT2D eigenvalue weighted by molar-refractivity contribution is -0.117. The summed E-state index contributed by atoms with van der Waals surface area (Å²) < 4.78 is 0. The fourth-order valence-electron chi connectivity index (χ4n) is 1.83. The van der Waals surface area contributed by atoms with Crippen LogP contribution in [0.5, 0.6) is 0 Å². The summed E-state index contributed by atoms with van der Waals surface area (Å²) in [5.74, 6) is 0.0112. The fraction of sp³-hybridized carbons (Fsp3) is 0.267. The summed E-state index contributed by atoms with van der Waals surface area (Å²) >= 11 is 1.72. The largest absolute Gasteiger partial charge is 0.325 e. The summed E-state index contributed by atoms with van der Waals surface area (Å²) in [6, 6.07) is 13.9. The van der Waals surface area contributed by atoms with Gasteiger partial charge in [-0.3, -0.25) is 9.69 Å². The van der Waals surface area contributed by atoms with E-state index >= 15 is 0 Å². The van der Waals surface area contributed by atoms with Gasteiger partial charge in [-0.05, 0) is 37.6 Å². The summed E-state index contributed by atoms with van der Waals surface area (Å²) in [5.41, 5.74) is 0.838. The van der Waals surface area contributed by atoms with E-state index in [1.807, 2.05) is 48.3 Å². The van der Waals surface area contributed by atoms with Crippen molar-refractivity contribution in [3.63, 3.8) is 0 Å². The molecule has 0 aliphatic carbocycles. The van der Waals surface area contributed by atoms with Crippen LogP contribution < -0.4 is 5.32 Å². The molecule has 1 N–H and O–H groups in total. The number of amides is 1. The Morgan fingerprint density at radius 3 is 2.63 bits per heavy atom. The second kappa shape index (κ2) is 6.50. The maximum atomic E-state index is 11.9. The van der Waals surface area contributed by atoms with E-state index in [0.29, 0.717) is 6.54 Å². The van der Waals surface area contributed by atoms with E-state index < -0.39 is 0 Å². The van der Waals surface area contributed by atoms with Crippen molar-refractivity contribution in [1.82, 2.24) is 4.90 Å². The first kappa shape index (κ1) is 13.8. The summed E-state index contributed by atoms with van der Waals surface area (Å²) in [5, 5.41) is 4.96. The van der Waals surface area contributed by atoms with E-state index in [2.05, 4.69) is 23.7 Å². The second-order valence-corrected chi connectivity index (χ2v) is 5.50. The smallest absolute Gasteiger partial charge is 0.238 e. The molecular formula is C15H18N2OS. The molecule has 19 heavy (non-hydrogen) atoms. The molecule has 1 heterocycles. The third kappa shape index (κ3) is 3.91. The minimum absolute atomic E-state index is 0.0112. The summed E-state index contributed by atoms with van der Waals surface area (Å²) in [6.07, 6.45) is 0. The average molecular weight is 274 g/mol. The lowest BCUT2D eigenvalue weighted by Gasteiger charge is -2.23. The van der Waals surface area contributed by atoms with Gasteiger partial charge in [-0.2, -0.15) is 0 Å². The Labute approximate surface area is 117 Å². The Balaban J connectivity index is 1.88. The Morgan fingerprint density at radius 2 is 2.00 bits per heavy atom. The van der Waals surface area contributed by atoms with Gasteiger partial charge in [0.1, 0.15) is 0 Å². The monoisotopic (exact) mass is 274 g/mol. The second-order valence-electron chi connectivity index (χ2n) is 4.52. The molecule has 1 amide bonds. The SMILES string of the molecule is CC(c1cccs1)N(C)CC(=O)Nc1ccccc1. The van der Waals surface area contributed by atoms with Crippen molar-refractivity contribution < 1.29 is 4.79 Å². The number of nitrogens with zero attached hydrogens (tertiary/aromatic N) is 1. The van der Waals surface area contributed by atoms with Crippen LogP contribution in [0.4, 0.5) is 5.69 Å². The summed E-state index contributed by atoms with van der Waals surface area (Å²) in [6.45, 7) is 2.50. The molecule has 1 atom stereocenters. The van der Waals surface area contributed by atoms with Crippen molar-refractivity contribution >= 4 is 22.9 Å². The number of hydrogen-bond donors (Lipinski definition) is 1. The molecule has 3 nitrogen and oxygen atoms in total. The number of para-hydroxylation sites is 1. The van der Waals surface area contributed by atoms with Gasteiger partial charge in [0, 0.05) is 16.6 Å². The molecule has 0 saturated carbocycles. The molecular weight excluding hydrogens is 256 g/mol. The number of nitrogens with one attached hydrogen (secondary N) is 1. The first-order valence-corrected chi connectivity index (χ1v) is 7.13. The molecule has 4 heteroatoms. The van der Waals surface area contributed by atoms with Crippen LogP contribution in [-0.4, -0.2) is 24.4 Å². The number of carbonyl (C=O) groups excluding carboxylic acids is 1. The highest BCUT2D eigenvalue weighted by atomic mass is 32.1. The molecule has 0 fully saturated rings. The Bertz CT molecular complexity index is 510. The Kier molecular flexibility index (Phi) is 4.71. The highest BCUT2D eigenvalue weighted by Crippen LogP contribution is 2.23. The van der Waals surface area contributed by atoms with E-state index in [9.17, 15) is 4.79 Å². The van der Waals surface area contributed by atoms with E-state index in [-0.39, 0.29) is 11.9 Å². The zero-order valence-corrected chi connectivity index (χ0v) is 12.0. The minimum Gasteiger partial charge on any atom is -0.325 e. The third-order valence-corrected chi connectivity index (χ3v) is 4.11. The Hall–Kier alpha value is -1.65. The van der Waals surface area contributed by atoms with Gasteiger partial charge in [0.05, 0.1) is 6.54 Å². The van der Waals surface area contributed by atoms with Crippen LogP contribution in [0.15, 0.2) is 47.8 Å². The molecule has 1 aromatic carbocycles. The Morgan fingerprint density at radius 1 is 1.26 bits per heavy atom. The van der Waals surface area contributed by atoms with Crippen LogP contribution in [0.2, 0.25) is 0 Å². The van der Waals surface area contributed by atoms with Gasteiger partial charge < -0.3 is 5.32 Å². The quantitative estimate of drug-likeness (QED) is 0.906. The molecule has 0 saturated heterocycles. The van der Waals surface area contributed by atoms with Crippen LogP contribution in [0, 0.1) is 0 Å². The molecule has 2 aromatic rings. The maximum Gasteiger partial charge on any atom is 0.238 e. The van der Waals surface area contributed by atoms with Gasteiger partial charge in [0.2, 0.25) is 5.91 Å². The highest BCUT2D eigenvalue weighted by molar-refractivity contribution is 7.10. The van der Waals surface area contributed by atoms with E-state index in [1.165, 1.54) is 4.88 Å². The van der Waals surface area contributed by atoms with Crippen LogP contribution in [-0.2, 0) is 4.79 Å². The van der Waals surface area contributed by atoms with Crippen molar-refractivity contribution in [2.45, 2.75) is 13.0 Å². The number of thiophene rings is 1. The number of benzene rings is 1. The van der Waals surface area contributed by atoms with Gasteiger partial charge in [0.15, 0.2) is 0 Å². The molecule has 1 aromatic heterocycles. The van der Waals surface area contributed by atoms with Crippen molar-refractivity contribution in [2.24, 2.45) is 0 Å². The van der Waals surface area contributed by atoms with Crippen LogP contribution in [0.1, 0.15) is 17.8 Å². The van der Waals surface area contributed by atoms with Gasteiger partial charge in [-0.25, -0.2) is 0 Å². The zero-order chi connectivity index (χ0) is 13.7.